The average Bonchev–Trinajstić information content (AvgIpc) is 3.06. The van der Waals surface area contributed by atoms with Gasteiger partial charge in [-0.3, -0.25) is 9.69 Å². The largest absolute Gasteiger partial charge is 0.363 e. The minimum absolute atomic E-state index is 0.155. The maximum absolute atomic E-state index is 13.1. The standard InChI is InChI=1S/C21H29FN2O2/c1-15-8-11-23(12-9-15)21(25)20-7-6-18-19(26-20)10-13-24(18)14-16-2-4-17(22)5-3-16/h2-5,15,18-20H,6-14H2,1H3/t18-,19-,20-/m1/s1. The van der Waals surface area contributed by atoms with Crippen LogP contribution in [0.4, 0.5) is 4.39 Å². The van der Waals surface area contributed by atoms with Crippen LogP contribution in [0.2, 0.25) is 0 Å². The number of piperidine rings is 1. The third-order valence-electron chi connectivity index (χ3n) is 6.33. The van der Waals surface area contributed by atoms with E-state index in [1.807, 2.05) is 17.0 Å². The first kappa shape index (κ1) is 17.9. The number of rotatable bonds is 3. The highest BCUT2D eigenvalue weighted by atomic mass is 19.1. The van der Waals surface area contributed by atoms with E-state index in [2.05, 4.69) is 11.8 Å². The molecule has 0 saturated carbocycles. The molecule has 0 bridgehead atoms. The summed E-state index contributed by atoms with van der Waals surface area (Å²) >= 11 is 0. The van der Waals surface area contributed by atoms with Gasteiger partial charge in [0.25, 0.3) is 5.91 Å². The average molecular weight is 360 g/mol. The smallest absolute Gasteiger partial charge is 0.251 e. The van der Waals surface area contributed by atoms with Gasteiger partial charge in [-0.15, -0.1) is 0 Å². The molecule has 3 aliphatic heterocycles. The Morgan fingerprint density at radius 1 is 1.08 bits per heavy atom. The van der Waals surface area contributed by atoms with Crippen molar-refractivity contribution < 1.29 is 13.9 Å². The number of likely N-dealkylation sites (tertiary alicyclic amines) is 2. The molecular formula is C21H29FN2O2. The maximum atomic E-state index is 13.1. The normalized spacial score (nSPS) is 30.4. The lowest BCUT2D eigenvalue weighted by Crippen LogP contribution is -2.50. The van der Waals surface area contributed by atoms with Crippen molar-refractivity contribution in [1.29, 1.82) is 0 Å². The first-order valence-electron chi connectivity index (χ1n) is 10.0. The number of halogens is 1. The van der Waals surface area contributed by atoms with Gasteiger partial charge in [0.05, 0.1) is 6.10 Å². The number of hydrogen-bond acceptors (Lipinski definition) is 3. The van der Waals surface area contributed by atoms with Gasteiger partial charge in [0.1, 0.15) is 11.9 Å². The molecule has 0 unspecified atom stereocenters. The first-order chi connectivity index (χ1) is 12.6. The molecule has 4 nitrogen and oxygen atoms in total. The number of ether oxygens (including phenoxy) is 1. The third kappa shape index (κ3) is 3.79. The number of hydrogen-bond donors (Lipinski definition) is 0. The van der Waals surface area contributed by atoms with Crippen molar-refractivity contribution in [1.82, 2.24) is 9.80 Å². The fraction of sp³-hybridized carbons (Fsp3) is 0.667. The van der Waals surface area contributed by atoms with E-state index in [9.17, 15) is 9.18 Å². The van der Waals surface area contributed by atoms with Crippen LogP contribution in [0.1, 0.15) is 44.6 Å². The quantitative estimate of drug-likeness (QED) is 0.830. The fourth-order valence-electron chi connectivity index (χ4n) is 4.65. The van der Waals surface area contributed by atoms with Crippen LogP contribution in [-0.2, 0) is 16.1 Å². The number of nitrogens with zero attached hydrogens (tertiary/aromatic N) is 2. The summed E-state index contributed by atoms with van der Waals surface area (Å²) in [6.07, 6.45) is 4.91. The van der Waals surface area contributed by atoms with E-state index in [4.69, 9.17) is 4.74 Å². The van der Waals surface area contributed by atoms with Crippen LogP contribution < -0.4 is 0 Å². The topological polar surface area (TPSA) is 32.8 Å². The van der Waals surface area contributed by atoms with Crippen molar-refractivity contribution >= 4 is 5.91 Å². The SMILES string of the molecule is CC1CCN(C(=O)[C@H]2CC[C@@H]3[C@@H](CCN3Cc3ccc(F)cc3)O2)CC1. The summed E-state index contributed by atoms with van der Waals surface area (Å²) in [5.74, 6) is 0.736. The summed E-state index contributed by atoms with van der Waals surface area (Å²) in [5, 5.41) is 0. The second-order valence-corrected chi connectivity index (χ2v) is 8.20. The van der Waals surface area contributed by atoms with Gasteiger partial charge in [-0.1, -0.05) is 19.1 Å². The molecule has 142 valence electrons. The van der Waals surface area contributed by atoms with Crippen molar-refractivity contribution in [2.24, 2.45) is 5.92 Å². The van der Waals surface area contributed by atoms with E-state index < -0.39 is 0 Å². The Balaban J connectivity index is 1.33. The monoisotopic (exact) mass is 360 g/mol. The number of carbonyl (C=O) groups excluding carboxylic acids is 1. The van der Waals surface area contributed by atoms with Crippen molar-refractivity contribution in [3.8, 4) is 0 Å². The van der Waals surface area contributed by atoms with Crippen LogP contribution in [0.5, 0.6) is 0 Å². The van der Waals surface area contributed by atoms with Gasteiger partial charge in [-0.05, 0) is 55.7 Å². The van der Waals surface area contributed by atoms with E-state index in [1.54, 1.807) is 0 Å². The molecule has 0 aromatic heterocycles. The maximum Gasteiger partial charge on any atom is 0.251 e. The summed E-state index contributed by atoms with van der Waals surface area (Å²) in [7, 11) is 0. The van der Waals surface area contributed by atoms with Crippen LogP contribution in [0, 0.1) is 11.7 Å². The molecule has 3 saturated heterocycles. The second kappa shape index (κ2) is 7.65. The molecule has 26 heavy (non-hydrogen) atoms. The van der Waals surface area contributed by atoms with Gasteiger partial charge in [0.2, 0.25) is 0 Å². The summed E-state index contributed by atoms with van der Waals surface area (Å²) < 4.78 is 19.3. The van der Waals surface area contributed by atoms with E-state index in [1.165, 1.54) is 12.1 Å². The van der Waals surface area contributed by atoms with E-state index >= 15 is 0 Å². The Morgan fingerprint density at radius 3 is 2.54 bits per heavy atom. The minimum atomic E-state index is -0.254. The molecule has 4 rings (SSSR count). The second-order valence-electron chi connectivity index (χ2n) is 8.20. The molecule has 1 aromatic carbocycles. The number of carbonyl (C=O) groups is 1. The molecule has 3 fully saturated rings. The zero-order valence-corrected chi connectivity index (χ0v) is 15.6. The summed E-state index contributed by atoms with van der Waals surface area (Å²) in [6, 6.07) is 7.14. The highest BCUT2D eigenvalue weighted by molar-refractivity contribution is 5.81. The molecule has 0 N–H and O–H groups in total. The summed E-state index contributed by atoms with van der Waals surface area (Å²) in [6.45, 7) is 5.83. The van der Waals surface area contributed by atoms with Gasteiger partial charge < -0.3 is 9.64 Å². The highest BCUT2D eigenvalue weighted by Crippen LogP contribution is 2.33. The predicted molar refractivity (Wildman–Crippen MR) is 98.1 cm³/mol. The van der Waals surface area contributed by atoms with Gasteiger partial charge in [-0.25, -0.2) is 4.39 Å². The summed E-state index contributed by atoms with van der Waals surface area (Å²) in [4.78, 5) is 17.2. The van der Waals surface area contributed by atoms with Crippen molar-refractivity contribution in [3.63, 3.8) is 0 Å². The van der Waals surface area contributed by atoms with E-state index in [-0.39, 0.29) is 23.9 Å². The molecule has 3 aliphatic rings. The molecule has 1 aromatic rings. The van der Waals surface area contributed by atoms with Crippen LogP contribution in [0.25, 0.3) is 0 Å². The molecule has 3 heterocycles. The lowest BCUT2D eigenvalue weighted by Gasteiger charge is -2.38. The predicted octanol–water partition coefficient (Wildman–Crippen LogP) is 3.21. The van der Waals surface area contributed by atoms with Crippen LogP contribution in [0.3, 0.4) is 0 Å². The molecule has 0 radical (unpaired) electrons. The lowest BCUT2D eigenvalue weighted by atomic mass is 9.96. The van der Waals surface area contributed by atoms with Gasteiger partial charge in [0.15, 0.2) is 0 Å². The van der Waals surface area contributed by atoms with Gasteiger partial charge in [0, 0.05) is 32.2 Å². The fourth-order valence-corrected chi connectivity index (χ4v) is 4.65. The number of fused-ring (bicyclic) bond motifs is 1. The molecule has 0 aliphatic carbocycles. The highest BCUT2D eigenvalue weighted by Gasteiger charge is 2.42. The summed E-state index contributed by atoms with van der Waals surface area (Å²) in [5.41, 5.74) is 1.13. The first-order valence-corrected chi connectivity index (χ1v) is 10.0. The number of amides is 1. The number of benzene rings is 1. The van der Waals surface area contributed by atoms with Gasteiger partial charge in [-0.2, -0.15) is 0 Å². The molecule has 1 amide bonds. The molecule has 3 atom stereocenters. The zero-order chi connectivity index (χ0) is 18.1. The van der Waals surface area contributed by atoms with E-state index in [0.29, 0.717) is 6.04 Å². The Morgan fingerprint density at radius 2 is 1.81 bits per heavy atom. The molecule has 0 spiro atoms. The lowest BCUT2D eigenvalue weighted by molar-refractivity contribution is -0.155. The Bertz CT molecular complexity index is 627. The van der Waals surface area contributed by atoms with E-state index in [0.717, 1.165) is 69.8 Å². The zero-order valence-electron chi connectivity index (χ0n) is 15.6. The van der Waals surface area contributed by atoms with Gasteiger partial charge >= 0.3 is 0 Å². The van der Waals surface area contributed by atoms with Crippen LogP contribution >= 0.6 is 0 Å². The Hall–Kier alpha value is -1.46. The van der Waals surface area contributed by atoms with Crippen molar-refractivity contribution in [2.75, 3.05) is 19.6 Å². The van der Waals surface area contributed by atoms with Crippen LogP contribution in [-0.4, -0.2) is 53.6 Å². The van der Waals surface area contributed by atoms with Crippen molar-refractivity contribution in [2.45, 2.75) is 63.8 Å². The minimum Gasteiger partial charge on any atom is -0.363 e. The molecule has 5 heteroatoms. The Labute approximate surface area is 155 Å². The van der Waals surface area contributed by atoms with Crippen molar-refractivity contribution in [3.05, 3.63) is 35.6 Å². The Kier molecular flexibility index (Phi) is 5.28. The van der Waals surface area contributed by atoms with Crippen LogP contribution in [0.15, 0.2) is 24.3 Å². The third-order valence-corrected chi connectivity index (χ3v) is 6.33. The molecular weight excluding hydrogens is 331 g/mol.